The SMILES string of the molecule is O=C(c1cccc(F)c1)N(CC(=O)N1CCc2sccc2[C@H]1COc1ccc(Cl)cc1)C[C@@H]1CCCO1. The molecule has 9 heteroatoms. The van der Waals surface area contributed by atoms with Crippen molar-refractivity contribution in [2.75, 3.05) is 32.8 Å². The summed E-state index contributed by atoms with van der Waals surface area (Å²) < 4.78 is 25.7. The minimum absolute atomic E-state index is 0.119. The van der Waals surface area contributed by atoms with Gasteiger partial charge in [-0.05, 0) is 78.7 Å². The number of carbonyl (C=O) groups excluding carboxylic acids is 2. The van der Waals surface area contributed by atoms with E-state index in [1.165, 1.54) is 28.0 Å². The van der Waals surface area contributed by atoms with E-state index in [-0.39, 0.29) is 49.2 Å². The van der Waals surface area contributed by atoms with Crippen LogP contribution in [-0.2, 0) is 16.0 Å². The maximum absolute atomic E-state index is 13.9. The Morgan fingerprint density at radius 2 is 2.03 bits per heavy atom. The summed E-state index contributed by atoms with van der Waals surface area (Å²) in [4.78, 5) is 31.6. The molecule has 0 bridgehead atoms. The summed E-state index contributed by atoms with van der Waals surface area (Å²) in [7, 11) is 0. The summed E-state index contributed by atoms with van der Waals surface area (Å²) in [5.74, 6) is -0.384. The van der Waals surface area contributed by atoms with E-state index in [1.807, 2.05) is 11.4 Å². The first-order chi connectivity index (χ1) is 18.0. The van der Waals surface area contributed by atoms with Gasteiger partial charge in [-0.1, -0.05) is 17.7 Å². The second-order valence-electron chi connectivity index (χ2n) is 9.25. The van der Waals surface area contributed by atoms with E-state index in [0.717, 1.165) is 24.8 Å². The topological polar surface area (TPSA) is 59.1 Å². The van der Waals surface area contributed by atoms with Crippen LogP contribution in [0.5, 0.6) is 5.75 Å². The monoisotopic (exact) mass is 542 g/mol. The van der Waals surface area contributed by atoms with Crippen LogP contribution in [0.4, 0.5) is 4.39 Å². The smallest absolute Gasteiger partial charge is 0.254 e. The van der Waals surface area contributed by atoms with Crippen LogP contribution in [0.15, 0.2) is 60.0 Å². The van der Waals surface area contributed by atoms with Crippen LogP contribution >= 0.6 is 22.9 Å². The van der Waals surface area contributed by atoms with Crippen molar-refractivity contribution in [3.05, 3.63) is 86.8 Å². The Morgan fingerprint density at radius 1 is 1.19 bits per heavy atom. The quantitative estimate of drug-likeness (QED) is 0.384. The number of amides is 2. The second-order valence-corrected chi connectivity index (χ2v) is 10.7. The number of halogens is 2. The van der Waals surface area contributed by atoms with Crippen LogP contribution in [0.1, 0.15) is 39.7 Å². The summed E-state index contributed by atoms with van der Waals surface area (Å²) >= 11 is 7.67. The molecule has 2 amide bonds. The molecule has 6 nitrogen and oxygen atoms in total. The van der Waals surface area contributed by atoms with Crippen molar-refractivity contribution >= 4 is 34.8 Å². The van der Waals surface area contributed by atoms with E-state index in [9.17, 15) is 14.0 Å². The van der Waals surface area contributed by atoms with E-state index < -0.39 is 5.82 Å². The normalized spacial score (nSPS) is 18.9. The maximum Gasteiger partial charge on any atom is 0.254 e. The van der Waals surface area contributed by atoms with Gasteiger partial charge < -0.3 is 19.3 Å². The van der Waals surface area contributed by atoms with E-state index in [2.05, 4.69) is 0 Å². The van der Waals surface area contributed by atoms with Gasteiger partial charge in [0.25, 0.3) is 5.91 Å². The molecular weight excluding hydrogens is 515 g/mol. The van der Waals surface area contributed by atoms with Crippen molar-refractivity contribution in [2.24, 2.45) is 0 Å². The minimum Gasteiger partial charge on any atom is -0.491 e. The molecule has 3 aromatic rings. The average molecular weight is 543 g/mol. The molecule has 0 unspecified atom stereocenters. The lowest BCUT2D eigenvalue weighted by Crippen LogP contribution is -2.49. The van der Waals surface area contributed by atoms with Gasteiger partial charge in [0.2, 0.25) is 5.91 Å². The van der Waals surface area contributed by atoms with Gasteiger partial charge in [-0.2, -0.15) is 0 Å². The number of rotatable bonds is 8. The zero-order valence-corrected chi connectivity index (χ0v) is 21.8. The van der Waals surface area contributed by atoms with Crippen LogP contribution in [0, 0.1) is 5.82 Å². The highest BCUT2D eigenvalue weighted by Crippen LogP contribution is 2.34. The Morgan fingerprint density at radius 3 is 2.78 bits per heavy atom. The van der Waals surface area contributed by atoms with Crippen molar-refractivity contribution in [1.82, 2.24) is 9.80 Å². The predicted molar refractivity (Wildman–Crippen MR) is 141 cm³/mol. The zero-order chi connectivity index (χ0) is 25.8. The maximum atomic E-state index is 13.9. The van der Waals surface area contributed by atoms with Gasteiger partial charge in [0, 0.05) is 35.2 Å². The number of hydrogen-bond donors (Lipinski definition) is 0. The summed E-state index contributed by atoms with van der Waals surface area (Å²) in [5.41, 5.74) is 1.29. The van der Waals surface area contributed by atoms with E-state index in [4.69, 9.17) is 21.1 Å². The zero-order valence-electron chi connectivity index (χ0n) is 20.3. The largest absolute Gasteiger partial charge is 0.491 e. The molecule has 2 aliphatic heterocycles. The van der Waals surface area contributed by atoms with Crippen molar-refractivity contribution < 1.29 is 23.5 Å². The van der Waals surface area contributed by atoms with Crippen molar-refractivity contribution in [2.45, 2.75) is 31.4 Å². The van der Waals surface area contributed by atoms with Gasteiger partial charge in [0.05, 0.1) is 12.1 Å². The molecule has 0 N–H and O–H groups in total. The number of thiophene rings is 1. The van der Waals surface area contributed by atoms with E-state index >= 15 is 0 Å². The lowest BCUT2D eigenvalue weighted by Gasteiger charge is -2.37. The number of carbonyl (C=O) groups is 2. The molecule has 0 radical (unpaired) electrons. The Bertz CT molecular complexity index is 1240. The first-order valence-electron chi connectivity index (χ1n) is 12.4. The number of hydrogen-bond acceptors (Lipinski definition) is 5. The molecule has 2 atom stereocenters. The van der Waals surface area contributed by atoms with Gasteiger partial charge in [-0.15, -0.1) is 11.3 Å². The molecule has 0 aliphatic carbocycles. The number of fused-ring (bicyclic) bond motifs is 1. The Labute approximate surface area is 224 Å². The average Bonchev–Trinajstić information content (AvgIpc) is 3.59. The summed E-state index contributed by atoms with van der Waals surface area (Å²) in [6, 6.07) is 14.4. The fourth-order valence-electron chi connectivity index (χ4n) is 4.89. The summed E-state index contributed by atoms with van der Waals surface area (Å²) in [5, 5.41) is 2.65. The molecule has 194 valence electrons. The molecular formula is C28H28ClFN2O4S. The summed E-state index contributed by atoms with van der Waals surface area (Å²) in [6.07, 6.45) is 2.34. The lowest BCUT2D eigenvalue weighted by atomic mass is 10.00. The van der Waals surface area contributed by atoms with Crippen molar-refractivity contribution in [3.8, 4) is 5.75 Å². The van der Waals surface area contributed by atoms with Crippen molar-refractivity contribution in [3.63, 3.8) is 0 Å². The summed E-state index contributed by atoms with van der Waals surface area (Å²) in [6.45, 7) is 1.61. The van der Waals surface area contributed by atoms with Gasteiger partial charge in [-0.3, -0.25) is 9.59 Å². The third-order valence-electron chi connectivity index (χ3n) is 6.77. The number of ether oxygens (including phenoxy) is 2. The Balaban J connectivity index is 1.35. The molecule has 1 aromatic heterocycles. The number of nitrogens with zero attached hydrogens (tertiary/aromatic N) is 2. The fourth-order valence-corrected chi connectivity index (χ4v) is 5.95. The van der Waals surface area contributed by atoms with Crippen LogP contribution in [0.3, 0.4) is 0 Å². The lowest BCUT2D eigenvalue weighted by molar-refractivity contribution is -0.135. The Kier molecular flexibility index (Phi) is 8.08. The Hall–Kier alpha value is -2.94. The predicted octanol–water partition coefficient (Wildman–Crippen LogP) is 5.37. The molecule has 1 fully saturated rings. The van der Waals surface area contributed by atoms with Gasteiger partial charge in [0.1, 0.15) is 24.7 Å². The fraction of sp³-hybridized carbons (Fsp3) is 0.357. The molecule has 0 saturated carbocycles. The third-order valence-corrected chi connectivity index (χ3v) is 8.02. The van der Waals surface area contributed by atoms with Crippen LogP contribution in [0.2, 0.25) is 5.02 Å². The molecule has 2 aliphatic rings. The van der Waals surface area contributed by atoms with Crippen molar-refractivity contribution in [1.29, 1.82) is 0 Å². The molecule has 0 spiro atoms. The molecule has 3 heterocycles. The molecule has 1 saturated heterocycles. The van der Waals surface area contributed by atoms with Crippen LogP contribution in [0.25, 0.3) is 0 Å². The molecule has 5 rings (SSSR count). The van der Waals surface area contributed by atoms with Gasteiger partial charge in [-0.25, -0.2) is 4.39 Å². The van der Waals surface area contributed by atoms with Gasteiger partial charge >= 0.3 is 0 Å². The highest BCUT2D eigenvalue weighted by atomic mass is 35.5. The van der Waals surface area contributed by atoms with Crippen LogP contribution < -0.4 is 4.74 Å². The first-order valence-corrected chi connectivity index (χ1v) is 13.6. The standard InChI is InChI=1S/C28H28ClFN2O4S/c29-20-6-8-22(9-7-20)36-18-25-24-11-14-37-26(24)10-12-32(25)27(33)17-31(16-23-5-2-13-35-23)28(34)19-3-1-4-21(30)15-19/h1,3-4,6-9,11,14-15,23,25H,2,5,10,12-13,16-18H2/t23-,25+/m0/s1. The minimum atomic E-state index is -0.491. The van der Waals surface area contributed by atoms with Crippen LogP contribution in [-0.4, -0.2) is 60.6 Å². The van der Waals surface area contributed by atoms with E-state index in [1.54, 1.807) is 46.6 Å². The second kappa shape index (κ2) is 11.6. The van der Waals surface area contributed by atoms with Gasteiger partial charge in [0.15, 0.2) is 0 Å². The number of benzene rings is 2. The highest BCUT2D eigenvalue weighted by Gasteiger charge is 2.34. The molecule has 2 aromatic carbocycles. The molecule has 37 heavy (non-hydrogen) atoms. The van der Waals surface area contributed by atoms with E-state index in [0.29, 0.717) is 23.9 Å². The third kappa shape index (κ3) is 6.14. The first kappa shape index (κ1) is 25.7. The highest BCUT2D eigenvalue weighted by molar-refractivity contribution is 7.10.